The SMILES string of the molecule is CCC(C(=O)NCCCOC1CCCc2ccccc21)c1ccccc1. The highest BCUT2D eigenvalue weighted by molar-refractivity contribution is 5.83. The van der Waals surface area contributed by atoms with Crippen LogP contribution in [0.4, 0.5) is 0 Å². The molecule has 0 radical (unpaired) electrons. The second kappa shape index (κ2) is 9.54. The summed E-state index contributed by atoms with van der Waals surface area (Å²) in [5, 5.41) is 3.07. The van der Waals surface area contributed by atoms with E-state index in [1.165, 1.54) is 17.5 Å². The normalized spacial score (nSPS) is 17.3. The Bertz CT molecular complexity index is 698. The Hall–Kier alpha value is -2.13. The zero-order valence-corrected chi connectivity index (χ0v) is 15.6. The van der Waals surface area contributed by atoms with Gasteiger partial charge in [-0.05, 0) is 48.8 Å². The first-order chi connectivity index (χ1) is 12.8. The Morgan fingerprint density at radius 3 is 2.73 bits per heavy atom. The Morgan fingerprint density at radius 2 is 1.92 bits per heavy atom. The van der Waals surface area contributed by atoms with Crippen LogP contribution in [-0.4, -0.2) is 19.1 Å². The van der Waals surface area contributed by atoms with Crippen molar-refractivity contribution in [2.24, 2.45) is 0 Å². The first-order valence-electron chi connectivity index (χ1n) is 9.81. The molecule has 1 N–H and O–H groups in total. The number of ether oxygens (including phenoxy) is 1. The second-order valence-electron chi connectivity index (χ2n) is 6.97. The lowest BCUT2D eigenvalue weighted by Crippen LogP contribution is -2.30. The van der Waals surface area contributed by atoms with E-state index in [0.29, 0.717) is 13.2 Å². The van der Waals surface area contributed by atoms with Crippen molar-refractivity contribution in [3.63, 3.8) is 0 Å². The maximum absolute atomic E-state index is 12.5. The Balaban J connectivity index is 1.41. The van der Waals surface area contributed by atoms with Crippen molar-refractivity contribution in [3.8, 4) is 0 Å². The Labute approximate surface area is 156 Å². The highest BCUT2D eigenvalue weighted by Gasteiger charge is 2.20. The molecule has 3 nitrogen and oxygen atoms in total. The standard InChI is InChI=1S/C23H29NO2/c1-2-20(18-10-4-3-5-11-18)23(25)24-16-9-17-26-22-15-8-13-19-12-6-7-14-21(19)22/h3-7,10-12,14,20,22H,2,8-9,13,15-17H2,1H3,(H,24,25). The van der Waals surface area contributed by atoms with Crippen LogP contribution in [-0.2, 0) is 16.0 Å². The highest BCUT2D eigenvalue weighted by atomic mass is 16.5. The summed E-state index contributed by atoms with van der Waals surface area (Å²) >= 11 is 0. The fourth-order valence-electron chi connectivity index (χ4n) is 3.77. The quantitative estimate of drug-likeness (QED) is 0.695. The monoisotopic (exact) mass is 351 g/mol. The first kappa shape index (κ1) is 18.7. The van der Waals surface area contributed by atoms with Crippen LogP contribution in [0.3, 0.4) is 0 Å². The van der Waals surface area contributed by atoms with Crippen molar-refractivity contribution in [1.29, 1.82) is 0 Å². The van der Waals surface area contributed by atoms with Gasteiger partial charge in [-0.1, -0.05) is 61.5 Å². The van der Waals surface area contributed by atoms with Crippen LogP contribution >= 0.6 is 0 Å². The predicted octanol–water partition coefficient (Wildman–Crippen LogP) is 4.78. The van der Waals surface area contributed by atoms with Crippen LogP contribution < -0.4 is 5.32 Å². The summed E-state index contributed by atoms with van der Waals surface area (Å²) in [6.07, 6.45) is 5.30. The van der Waals surface area contributed by atoms with Crippen molar-refractivity contribution in [2.45, 2.75) is 51.0 Å². The van der Waals surface area contributed by atoms with Gasteiger partial charge in [0.05, 0.1) is 12.0 Å². The average Bonchev–Trinajstić information content (AvgIpc) is 2.69. The number of amides is 1. The first-order valence-corrected chi connectivity index (χ1v) is 9.81. The molecule has 3 heteroatoms. The molecule has 3 rings (SSSR count). The minimum absolute atomic E-state index is 0.0673. The van der Waals surface area contributed by atoms with E-state index in [1.807, 2.05) is 30.3 Å². The summed E-state index contributed by atoms with van der Waals surface area (Å²) in [5.74, 6) is 0.0454. The maximum Gasteiger partial charge on any atom is 0.227 e. The molecule has 2 aromatic carbocycles. The molecule has 1 aliphatic carbocycles. The van der Waals surface area contributed by atoms with Gasteiger partial charge < -0.3 is 10.1 Å². The third-order valence-electron chi connectivity index (χ3n) is 5.18. The number of fused-ring (bicyclic) bond motifs is 1. The molecule has 1 amide bonds. The van der Waals surface area contributed by atoms with Crippen molar-refractivity contribution >= 4 is 5.91 Å². The summed E-state index contributed by atoms with van der Waals surface area (Å²) in [5.41, 5.74) is 3.85. The lowest BCUT2D eigenvalue weighted by atomic mass is 9.89. The summed E-state index contributed by atoms with van der Waals surface area (Å²) in [6, 6.07) is 18.6. The van der Waals surface area contributed by atoms with E-state index >= 15 is 0 Å². The zero-order chi connectivity index (χ0) is 18.2. The maximum atomic E-state index is 12.5. The number of rotatable bonds is 8. The van der Waals surface area contributed by atoms with Gasteiger partial charge >= 0.3 is 0 Å². The molecule has 0 bridgehead atoms. The van der Waals surface area contributed by atoms with Crippen LogP contribution in [0.5, 0.6) is 0 Å². The van der Waals surface area contributed by atoms with E-state index < -0.39 is 0 Å². The lowest BCUT2D eigenvalue weighted by molar-refractivity contribution is -0.122. The minimum atomic E-state index is -0.0673. The number of carbonyl (C=O) groups is 1. The molecule has 0 spiro atoms. The Kier molecular flexibility index (Phi) is 6.84. The van der Waals surface area contributed by atoms with E-state index in [4.69, 9.17) is 4.74 Å². The van der Waals surface area contributed by atoms with Gasteiger partial charge in [0.1, 0.15) is 0 Å². The molecular formula is C23H29NO2. The van der Waals surface area contributed by atoms with Crippen LogP contribution in [0.15, 0.2) is 54.6 Å². The van der Waals surface area contributed by atoms with E-state index in [0.717, 1.165) is 31.2 Å². The third kappa shape index (κ3) is 4.73. The van der Waals surface area contributed by atoms with E-state index in [9.17, 15) is 4.79 Å². The molecule has 26 heavy (non-hydrogen) atoms. The number of nitrogens with one attached hydrogen (secondary N) is 1. The molecule has 1 aliphatic rings. The summed E-state index contributed by atoms with van der Waals surface area (Å²) in [7, 11) is 0. The van der Waals surface area contributed by atoms with E-state index in [1.54, 1.807) is 0 Å². The molecule has 2 atom stereocenters. The number of aryl methyl sites for hydroxylation is 1. The zero-order valence-electron chi connectivity index (χ0n) is 15.6. The molecule has 0 fully saturated rings. The lowest BCUT2D eigenvalue weighted by Gasteiger charge is -2.25. The Morgan fingerprint density at radius 1 is 1.15 bits per heavy atom. The minimum Gasteiger partial charge on any atom is -0.373 e. The largest absolute Gasteiger partial charge is 0.373 e. The average molecular weight is 351 g/mol. The summed E-state index contributed by atoms with van der Waals surface area (Å²) < 4.78 is 6.11. The van der Waals surface area contributed by atoms with Gasteiger partial charge in [0.2, 0.25) is 5.91 Å². The van der Waals surface area contributed by atoms with Gasteiger partial charge in [0.25, 0.3) is 0 Å². The fraction of sp³-hybridized carbons (Fsp3) is 0.435. The molecule has 0 aromatic heterocycles. The number of benzene rings is 2. The molecular weight excluding hydrogens is 322 g/mol. The van der Waals surface area contributed by atoms with Gasteiger partial charge in [-0.3, -0.25) is 4.79 Å². The van der Waals surface area contributed by atoms with E-state index in [2.05, 4.69) is 36.5 Å². The molecule has 138 valence electrons. The van der Waals surface area contributed by atoms with Gasteiger partial charge in [-0.2, -0.15) is 0 Å². The molecule has 0 heterocycles. The van der Waals surface area contributed by atoms with Gasteiger partial charge in [-0.25, -0.2) is 0 Å². The molecule has 0 saturated carbocycles. The van der Waals surface area contributed by atoms with Crippen molar-refractivity contribution in [3.05, 3.63) is 71.3 Å². The van der Waals surface area contributed by atoms with Crippen molar-refractivity contribution < 1.29 is 9.53 Å². The number of hydrogen-bond acceptors (Lipinski definition) is 2. The van der Waals surface area contributed by atoms with Gasteiger partial charge in [-0.15, -0.1) is 0 Å². The molecule has 0 saturated heterocycles. The molecule has 2 aromatic rings. The highest BCUT2D eigenvalue weighted by Crippen LogP contribution is 2.32. The molecule has 2 unspecified atom stereocenters. The smallest absolute Gasteiger partial charge is 0.227 e. The van der Waals surface area contributed by atoms with Crippen molar-refractivity contribution in [1.82, 2.24) is 5.32 Å². The summed E-state index contributed by atoms with van der Waals surface area (Å²) in [6.45, 7) is 3.40. The van der Waals surface area contributed by atoms with Gasteiger partial charge in [0, 0.05) is 13.2 Å². The van der Waals surface area contributed by atoms with Crippen molar-refractivity contribution in [2.75, 3.05) is 13.2 Å². The van der Waals surface area contributed by atoms with Gasteiger partial charge in [0.15, 0.2) is 0 Å². The van der Waals surface area contributed by atoms with E-state index in [-0.39, 0.29) is 17.9 Å². The topological polar surface area (TPSA) is 38.3 Å². The summed E-state index contributed by atoms with van der Waals surface area (Å²) in [4.78, 5) is 12.5. The predicted molar refractivity (Wildman–Crippen MR) is 105 cm³/mol. The third-order valence-corrected chi connectivity index (χ3v) is 5.18. The number of carbonyl (C=O) groups excluding carboxylic acids is 1. The van der Waals surface area contributed by atoms with Crippen LogP contribution in [0.2, 0.25) is 0 Å². The second-order valence-corrected chi connectivity index (χ2v) is 6.97. The van der Waals surface area contributed by atoms with Crippen LogP contribution in [0.25, 0.3) is 0 Å². The number of hydrogen-bond donors (Lipinski definition) is 1. The van der Waals surface area contributed by atoms with Crippen LogP contribution in [0, 0.1) is 0 Å². The molecule has 0 aliphatic heterocycles. The fourth-order valence-corrected chi connectivity index (χ4v) is 3.77. The van der Waals surface area contributed by atoms with Crippen LogP contribution in [0.1, 0.15) is 61.3 Å².